The van der Waals surface area contributed by atoms with E-state index in [1.807, 2.05) is 0 Å². The third kappa shape index (κ3) is 4.64. The number of hydrogen-bond acceptors (Lipinski definition) is 1. The molecule has 2 heteroatoms. The maximum absolute atomic E-state index is 6.13. The van der Waals surface area contributed by atoms with Crippen LogP contribution in [0.2, 0.25) is 18.1 Å². The van der Waals surface area contributed by atoms with Crippen molar-refractivity contribution in [2.75, 3.05) is 6.61 Å². The Morgan fingerprint density at radius 2 is 1.76 bits per heavy atom. The molecule has 17 heavy (non-hydrogen) atoms. The lowest BCUT2D eigenvalue weighted by Gasteiger charge is -2.36. The van der Waals surface area contributed by atoms with Gasteiger partial charge in [0.2, 0.25) is 0 Å². The quantitative estimate of drug-likeness (QED) is 0.501. The van der Waals surface area contributed by atoms with Gasteiger partial charge in [0.05, 0.1) is 0 Å². The summed E-state index contributed by atoms with van der Waals surface area (Å²) in [5.41, 5.74) is 1.33. The Hall–Kier alpha value is -0.603. The molecule has 1 rings (SSSR count). The third-order valence-corrected chi connectivity index (χ3v) is 8.22. The average Bonchev–Trinajstić information content (AvgIpc) is 2.68. The molecule has 96 valence electrons. The van der Waals surface area contributed by atoms with E-state index in [0.29, 0.717) is 5.04 Å². The summed E-state index contributed by atoms with van der Waals surface area (Å²) < 4.78 is 6.13. The second-order valence-corrected chi connectivity index (χ2v) is 11.0. The zero-order valence-electron chi connectivity index (χ0n) is 11.9. The molecule has 0 saturated heterocycles. The highest BCUT2D eigenvalue weighted by molar-refractivity contribution is 6.74. The van der Waals surface area contributed by atoms with Gasteiger partial charge in [-0.15, -0.1) is 0 Å². The van der Waals surface area contributed by atoms with Crippen LogP contribution in [-0.2, 0) is 4.43 Å². The highest BCUT2D eigenvalue weighted by atomic mass is 28.4. The number of rotatable bonds is 5. The normalized spacial score (nSPS) is 15.7. The number of unbranched alkanes of at least 4 members (excludes halogenated alkanes) is 1. The maximum atomic E-state index is 6.13. The second-order valence-electron chi connectivity index (χ2n) is 6.17. The standard InChI is InChI=1S/C15H26OSi/c1-15(2,3)17(4,5)16-13-9-8-12-14-10-6-7-11-14/h6-7,10-12H,8-9,13H2,1-5H3. The SMILES string of the molecule is CC(C)(C)[Si](C)(C)OCCCC=C1C=CC=C1. The summed E-state index contributed by atoms with van der Waals surface area (Å²) in [4.78, 5) is 0. The minimum absolute atomic E-state index is 0.322. The molecule has 0 heterocycles. The van der Waals surface area contributed by atoms with Crippen molar-refractivity contribution in [2.24, 2.45) is 0 Å². The molecule has 0 bridgehead atoms. The molecule has 0 atom stereocenters. The molecule has 1 aliphatic carbocycles. The highest BCUT2D eigenvalue weighted by Crippen LogP contribution is 2.36. The predicted molar refractivity (Wildman–Crippen MR) is 78.7 cm³/mol. The monoisotopic (exact) mass is 250 g/mol. The predicted octanol–water partition coefficient (Wildman–Crippen LogP) is 4.84. The summed E-state index contributed by atoms with van der Waals surface area (Å²) >= 11 is 0. The van der Waals surface area contributed by atoms with Crippen LogP contribution in [0.15, 0.2) is 36.0 Å². The number of allylic oxidation sites excluding steroid dienone is 6. The summed E-state index contributed by atoms with van der Waals surface area (Å²) in [6.45, 7) is 12.4. The molecular weight excluding hydrogens is 224 g/mol. The van der Waals surface area contributed by atoms with E-state index in [4.69, 9.17) is 4.43 Å². The third-order valence-electron chi connectivity index (χ3n) is 3.69. The minimum atomic E-state index is -1.54. The highest BCUT2D eigenvalue weighted by Gasteiger charge is 2.36. The summed E-state index contributed by atoms with van der Waals surface area (Å²) in [7, 11) is -1.54. The molecule has 0 aliphatic heterocycles. The number of hydrogen-bond donors (Lipinski definition) is 0. The molecule has 0 N–H and O–H groups in total. The van der Waals surface area contributed by atoms with Gasteiger partial charge in [0, 0.05) is 6.61 Å². The van der Waals surface area contributed by atoms with Gasteiger partial charge >= 0.3 is 0 Å². The van der Waals surface area contributed by atoms with Crippen LogP contribution in [0.1, 0.15) is 33.6 Å². The van der Waals surface area contributed by atoms with Crippen LogP contribution in [0.5, 0.6) is 0 Å². The summed E-state index contributed by atoms with van der Waals surface area (Å²) in [6.07, 6.45) is 13.0. The maximum Gasteiger partial charge on any atom is 0.191 e. The summed E-state index contributed by atoms with van der Waals surface area (Å²) in [6, 6.07) is 0. The van der Waals surface area contributed by atoms with E-state index in [2.05, 4.69) is 64.2 Å². The lowest BCUT2D eigenvalue weighted by atomic mass is 10.2. The van der Waals surface area contributed by atoms with E-state index >= 15 is 0 Å². The van der Waals surface area contributed by atoms with Gasteiger partial charge in [-0.3, -0.25) is 0 Å². The molecule has 0 unspecified atom stereocenters. The average molecular weight is 250 g/mol. The Labute approximate surface area is 107 Å². The van der Waals surface area contributed by atoms with Crippen molar-refractivity contribution < 1.29 is 4.43 Å². The van der Waals surface area contributed by atoms with Crippen molar-refractivity contribution in [1.82, 2.24) is 0 Å². The minimum Gasteiger partial charge on any atom is -0.417 e. The summed E-state index contributed by atoms with van der Waals surface area (Å²) in [5.74, 6) is 0. The first kappa shape index (κ1) is 14.5. The van der Waals surface area contributed by atoms with Crippen LogP contribution < -0.4 is 0 Å². The van der Waals surface area contributed by atoms with E-state index in [-0.39, 0.29) is 0 Å². The molecule has 0 saturated carbocycles. The lowest BCUT2D eigenvalue weighted by molar-refractivity contribution is 0.283. The van der Waals surface area contributed by atoms with Gasteiger partial charge in [-0.2, -0.15) is 0 Å². The largest absolute Gasteiger partial charge is 0.417 e. The van der Waals surface area contributed by atoms with Crippen molar-refractivity contribution >= 4 is 8.32 Å². The van der Waals surface area contributed by atoms with Crippen LogP contribution in [-0.4, -0.2) is 14.9 Å². The first-order valence-corrected chi connectivity index (χ1v) is 9.43. The molecule has 0 spiro atoms. The Morgan fingerprint density at radius 3 is 2.29 bits per heavy atom. The van der Waals surface area contributed by atoms with Gasteiger partial charge in [0.25, 0.3) is 0 Å². The van der Waals surface area contributed by atoms with Crippen LogP contribution in [0.3, 0.4) is 0 Å². The van der Waals surface area contributed by atoms with Gasteiger partial charge in [0.1, 0.15) is 0 Å². The Balaban J connectivity index is 2.22. The van der Waals surface area contributed by atoms with Crippen molar-refractivity contribution in [3.63, 3.8) is 0 Å². The Morgan fingerprint density at radius 1 is 1.18 bits per heavy atom. The zero-order valence-corrected chi connectivity index (χ0v) is 12.9. The fourth-order valence-electron chi connectivity index (χ4n) is 1.42. The molecule has 0 fully saturated rings. The molecule has 0 aromatic carbocycles. The smallest absolute Gasteiger partial charge is 0.191 e. The van der Waals surface area contributed by atoms with Gasteiger partial charge in [-0.05, 0) is 36.5 Å². The van der Waals surface area contributed by atoms with E-state index in [9.17, 15) is 0 Å². The molecule has 0 aromatic rings. The van der Waals surface area contributed by atoms with E-state index in [1.54, 1.807) is 0 Å². The fraction of sp³-hybridized carbons (Fsp3) is 0.600. The second kappa shape index (κ2) is 5.83. The van der Waals surface area contributed by atoms with Gasteiger partial charge in [-0.1, -0.05) is 51.2 Å². The van der Waals surface area contributed by atoms with Crippen molar-refractivity contribution in [3.8, 4) is 0 Å². The Bertz CT molecular complexity index is 315. The zero-order chi connectivity index (χ0) is 12.9. The first-order chi connectivity index (χ1) is 7.83. The van der Waals surface area contributed by atoms with Gasteiger partial charge in [0.15, 0.2) is 8.32 Å². The lowest BCUT2D eigenvalue weighted by Crippen LogP contribution is -2.40. The molecule has 0 radical (unpaired) electrons. The summed E-state index contributed by atoms with van der Waals surface area (Å²) in [5, 5.41) is 0.322. The molecule has 0 aromatic heterocycles. The van der Waals surface area contributed by atoms with Crippen molar-refractivity contribution in [2.45, 2.75) is 51.7 Å². The first-order valence-electron chi connectivity index (χ1n) is 6.52. The van der Waals surface area contributed by atoms with Crippen molar-refractivity contribution in [1.29, 1.82) is 0 Å². The van der Waals surface area contributed by atoms with Crippen LogP contribution in [0.4, 0.5) is 0 Å². The van der Waals surface area contributed by atoms with Crippen molar-refractivity contribution in [3.05, 3.63) is 36.0 Å². The van der Waals surface area contributed by atoms with Crippen LogP contribution >= 0.6 is 0 Å². The van der Waals surface area contributed by atoms with Gasteiger partial charge < -0.3 is 4.43 Å². The molecule has 1 nitrogen and oxygen atoms in total. The van der Waals surface area contributed by atoms with Crippen LogP contribution in [0.25, 0.3) is 0 Å². The van der Waals surface area contributed by atoms with Crippen LogP contribution in [0, 0.1) is 0 Å². The topological polar surface area (TPSA) is 9.23 Å². The molecular formula is C15H26OSi. The van der Waals surface area contributed by atoms with E-state index < -0.39 is 8.32 Å². The Kier molecular flexibility index (Phi) is 4.96. The van der Waals surface area contributed by atoms with Gasteiger partial charge in [-0.25, -0.2) is 0 Å². The molecule has 0 amide bonds. The fourth-order valence-corrected chi connectivity index (χ4v) is 2.51. The van der Waals surface area contributed by atoms with E-state index in [0.717, 1.165) is 19.4 Å². The molecule has 1 aliphatic rings. The van der Waals surface area contributed by atoms with E-state index in [1.165, 1.54) is 5.57 Å².